The second kappa shape index (κ2) is 5.15. The van der Waals surface area contributed by atoms with Gasteiger partial charge in [-0.15, -0.1) is 0 Å². The van der Waals surface area contributed by atoms with Crippen molar-refractivity contribution in [3.05, 3.63) is 62.7 Å². The highest BCUT2D eigenvalue weighted by atomic mass is 16.5. The number of hydrogen-bond donors (Lipinski definition) is 1. The molecule has 0 fully saturated rings. The average molecular weight is 311 g/mol. The zero-order valence-corrected chi connectivity index (χ0v) is 12.8. The summed E-state index contributed by atoms with van der Waals surface area (Å²) in [6, 6.07) is 6.92. The van der Waals surface area contributed by atoms with Crippen molar-refractivity contribution >= 4 is 0 Å². The largest absolute Gasteiger partial charge is 0.497 e. The van der Waals surface area contributed by atoms with E-state index in [2.05, 4.69) is 4.98 Å². The Labute approximate surface area is 132 Å². The van der Waals surface area contributed by atoms with Gasteiger partial charge in [0, 0.05) is 17.6 Å². The van der Waals surface area contributed by atoms with Crippen LogP contribution in [0.25, 0.3) is 11.4 Å². The van der Waals surface area contributed by atoms with Gasteiger partial charge in [-0.3, -0.25) is 9.36 Å². The van der Waals surface area contributed by atoms with Crippen LogP contribution in [0.1, 0.15) is 24.2 Å². The van der Waals surface area contributed by atoms with Crippen molar-refractivity contribution in [3.63, 3.8) is 0 Å². The highest BCUT2D eigenvalue weighted by Crippen LogP contribution is 2.21. The summed E-state index contributed by atoms with van der Waals surface area (Å²) in [5, 5.41) is 0. The van der Waals surface area contributed by atoms with Gasteiger partial charge >= 0.3 is 5.69 Å². The molecule has 0 spiro atoms. The molecule has 3 aliphatic rings. The molecule has 0 bridgehead atoms. The predicted octanol–water partition coefficient (Wildman–Crippen LogP) is 1.64. The Hall–Kier alpha value is -2.76. The van der Waals surface area contributed by atoms with Crippen molar-refractivity contribution in [2.24, 2.45) is 0 Å². The zero-order valence-electron chi connectivity index (χ0n) is 12.8. The Morgan fingerprint density at radius 1 is 1.04 bits per heavy atom. The number of hydrogen-bond acceptors (Lipinski definition) is 3. The fraction of sp³-hybridized carbons (Fsp3) is 0.294. The zero-order chi connectivity index (χ0) is 16.0. The summed E-state index contributed by atoms with van der Waals surface area (Å²) in [6.07, 6.45) is 5.52. The van der Waals surface area contributed by atoms with E-state index < -0.39 is 0 Å². The number of nitrogens with one attached hydrogen (secondary N) is 1. The van der Waals surface area contributed by atoms with Gasteiger partial charge in [-0.2, -0.15) is 0 Å². The maximum atomic E-state index is 12.9. The number of aromatic nitrogens is 3. The average Bonchev–Trinajstić information content (AvgIpc) is 2.86. The number of nitrogens with zero attached hydrogens (tertiary/aromatic N) is 2. The number of rotatable bonds is 2. The van der Waals surface area contributed by atoms with Crippen LogP contribution >= 0.6 is 0 Å². The molecular weight excluding hydrogens is 294 g/mol. The number of imidazole rings is 1. The Morgan fingerprint density at radius 3 is 2.52 bits per heavy atom. The molecular formula is C17H17N3O3. The van der Waals surface area contributed by atoms with E-state index in [1.807, 2.05) is 0 Å². The van der Waals surface area contributed by atoms with Crippen LogP contribution in [0, 0.1) is 0 Å². The lowest BCUT2D eigenvalue weighted by atomic mass is 10.00. The van der Waals surface area contributed by atoms with Gasteiger partial charge in [0.25, 0.3) is 5.56 Å². The lowest BCUT2D eigenvalue weighted by Crippen LogP contribution is -2.27. The van der Waals surface area contributed by atoms with Gasteiger partial charge < -0.3 is 9.72 Å². The van der Waals surface area contributed by atoms with E-state index in [0.29, 0.717) is 17.1 Å². The third-order valence-corrected chi connectivity index (χ3v) is 4.47. The minimum absolute atomic E-state index is 0.301. The topological polar surface area (TPSA) is 69.0 Å². The van der Waals surface area contributed by atoms with Crippen LogP contribution in [0.4, 0.5) is 0 Å². The van der Waals surface area contributed by atoms with Gasteiger partial charge in [-0.05, 0) is 49.9 Å². The number of ether oxygens (including phenoxy) is 1. The molecule has 2 aliphatic heterocycles. The molecule has 6 heteroatoms. The van der Waals surface area contributed by atoms with Crippen LogP contribution in [0.2, 0.25) is 0 Å². The van der Waals surface area contributed by atoms with Gasteiger partial charge in [0.15, 0.2) is 0 Å². The summed E-state index contributed by atoms with van der Waals surface area (Å²) in [5.41, 5.74) is 2.33. The Kier molecular flexibility index (Phi) is 3.11. The van der Waals surface area contributed by atoms with Gasteiger partial charge in [0.05, 0.1) is 12.8 Å². The summed E-state index contributed by atoms with van der Waals surface area (Å²) in [4.78, 5) is 28.7. The van der Waals surface area contributed by atoms with E-state index in [9.17, 15) is 9.59 Å². The number of aromatic amines is 1. The molecule has 118 valence electrons. The van der Waals surface area contributed by atoms with E-state index in [-0.39, 0.29) is 11.2 Å². The molecule has 0 saturated heterocycles. The minimum Gasteiger partial charge on any atom is -0.497 e. The van der Waals surface area contributed by atoms with Crippen molar-refractivity contribution in [3.8, 4) is 17.1 Å². The van der Waals surface area contributed by atoms with Crippen molar-refractivity contribution in [2.75, 3.05) is 7.11 Å². The molecule has 1 N–H and O–H groups in total. The molecule has 1 aliphatic carbocycles. The monoisotopic (exact) mass is 311 g/mol. The van der Waals surface area contributed by atoms with Crippen molar-refractivity contribution in [1.82, 2.24) is 14.1 Å². The normalized spacial score (nSPS) is 14.0. The third kappa shape index (κ3) is 2.02. The molecule has 6 nitrogen and oxygen atoms in total. The lowest BCUT2D eigenvalue weighted by Gasteiger charge is -2.18. The molecule has 0 atom stereocenters. The minimum atomic E-state index is -0.303. The van der Waals surface area contributed by atoms with E-state index in [1.54, 1.807) is 42.1 Å². The van der Waals surface area contributed by atoms with Crippen molar-refractivity contribution in [1.29, 1.82) is 0 Å². The second-order valence-electron chi connectivity index (χ2n) is 5.76. The molecule has 0 unspecified atom stereocenters. The lowest BCUT2D eigenvalue weighted by molar-refractivity contribution is 0.414. The van der Waals surface area contributed by atoms with Gasteiger partial charge in [-0.1, -0.05) is 0 Å². The Bertz CT molecular complexity index is 947. The highest BCUT2D eigenvalue weighted by Gasteiger charge is 2.24. The summed E-state index contributed by atoms with van der Waals surface area (Å²) >= 11 is 0. The van der Waals surface area contributed by atoms with Crippen LogP contribution < -0.4 is 16.0 Å². The first kappa shape index (κ1) is 13.9. The van der Waals surface area contributed by atoms with Crippen LogP contribution in [-0.4, -0.2) is 21.2 Å². The quantitative estimate of drug-likeness (QED) is 0.782. The number of benzene rings is 1. The highest BCUT2D eigenvalue weighted by molar-refractivity contribution is 5.42. The smallest absolute Gasteiger partial charge is 0.340 e. The molecule has 1 aromatic carbocycles. The molecule has 23 heavy (non-hydrogen) atoms. The first-order valence-electron chi connectivity index (χ1n) is 7.72. The van der Waals surface area contributed by atoms with Crippen LogP contribution in [0.3, 0.4) is 0 Å². The standard InChI is InChI=1S/C17H17N3O3/c1-23-12-8-6-11(7-9-12)19-16(21)15-10-18-13-4-2-3-5-14(13)20(15)17(19)22/h6-10,18H,2-5H2,1H3. The van der Waals surface area contributed by atoms with E-state index in [4.69, 9.17) is 4.74 Å². The molecule has 0 radical (unpaired) electrons. The molecule has 1 aromatic rings. The number of methoxy groups -OCH3 is 1. The van der Waals surface area contributed by atoms with Gasteiger partial charge in [0.2, 0.25) is 0 Å². The Balaban J connectivity index is 1.99. The van der Waals surface area contributed by atoms with E-state index in [1.165, 1.54) is 4.57 Å². The van der Waals surface area contributed by atoms with E-state index in [0.717, 1.165) is 37.1 Å². The van der Waals surface area contributed by atoms with Crippen molar-refractivity contribution in [2.45, 2.75) is 25.7 Å². The molecule has 0 saturated carbocycles. The first-order valence-corrected chi connectivity index (χ1v) is 7.72. The molecule has 0 amide bonds. The number of aryl methyl sites for hydroxylation is 1. The predicted molar refractivity (Wildman–Crippen MR) is 86.4 cm³/mol. The summed E-state index contributed by atoms with van der Waals surface area (Å²) < 4.78 is 7.91. The number of H-pyrrole nitrogens is 1. The fourth-order valence-electron chi connectivity index (χ4n) is 3.29. The van der Waals surface area contributed by atoms with Crippen LogP contribution in [0.15, 0.2) is 40.1 Å². The SMILES string of the molecule is COc1ccc(-n2c(=O)c3c[nH]c4c(n-3c2=O)CCCC4)cc1. The summed E-state index contributed by atoms with van der Waals surface area (Å²) in [5.74, 6) is 0.684. The van der Waals surface area contributed by atoms with Crippen molar-refractivity contribution < 1.29 is 4.74 Å². The first-order chi connectivity index (χ1) is 11.2. The third-order valence-electron chi connectivity index (χ3n) is 4.47. The Morgan fingerprint density at radius 2 is 1.78 bits per heavy atom. The van der Waals surface area contributed by atoms with Gasteiger partial charge in [-0.25, -0.2) is 9.36 Å². The van der Waals surface area contributed by atoms with Crippen LogP contribution in [0.5, 0.6) is 5.75 Å². The summed E-state index contributed by atoms with van der Waals surface area (Å²) in [6.45, 7) is 0. The molecule has 4 rings (SSSR count). The van der Waals surface area contributed by atoms with Crippen LogP contribution in [-0.2, 0) is 12.8 Å². The summed E-state index contributed by atoms with van der Waals surface area (Å²) in [7, 11) is 1.58. The second-order valence-corrected chi connectivity index (χ2v) is 5.76. The molecule has 0 aromatic heterocycles. The maximum absolute atomic E-state index is 12.9. The number of fused-ring (bicyclic) bond motifs is 3. The fourth-order valence-corrected chi connectivity index (χ4v) is 3.29. The van der Waals surface area contributed by atoms with Gasteiger partial charge in [0.1, 0.15) is 11.4 Å². The van der Waals surface area contributed by atoms with E-state index >= 15 is 0 Å². The molecule has 2 heterocycles. The maximum Gasteiger partial charge on any atom is 0.340 e.